The molecular weight excluding hydrogens is 164 g/mol. The van der Waals surface area contributed by atoms with Crippen molar-refractivity contribution in [2.24, 2.45) is 0 Å². The van der Waals surface area contributed by atoms with E-state index in [0.717, 1.165) is 26.1 Å². The zero-order chi connectivity index (χ0) is 9.52. The Kier molecular flexibility index (Phi) is 4.26. The van der Waals surface area contributed by atoms with Crippen molar-refractivity contribution in [1.82, 2.24) is 9.88 Å². The number of nitrogens with one attached hydrogen (secondary N) is 1. The Labute approximate surface area is 78.4 Å². The number of hydrogen-bond acceptors (Lipinski definition) is 2. The van der Waals surface area contributed by atoms with Crippen molar-refractivity contribution in [1.29, 1.82) is 0 Å². The Morgan fingerprint density at radius 3 is 2.62 bits per heavy atom. The predicted molar refractivity (Wildman–Crippen MR) is 53.9 cm³/mol. The summed E-state index contributed by atoms with van der Waals surface area (Å²) in [5.41, 5.74) is 0.0674. The molecule has 0 saturated carbocycles. The first-order chi connectivity index (χ1) is 6.33. The van der Waals surface area contributed by atoms with Gasteiger partial charge in [0.2, 0.25) is 0 Å². The lowest BCUT2D eigenvalue weighted by molar-refractivity contribution is 0.591. The number of hydrogen-bond donors (Lipinski definition) is 1. The minimum absolute atomic E-state index is 0.0674. The van der Waals surface area contributed by atoms with Crippen LogP contribution in [0.3, 0.4) is 0 Å². The molecule has 1 heterocycles. The van der Waals surface area contributed by atoms with Gasteiger partial charge in [-0.2, -0.15) is 0 Å². The minimum Gasteiger partial charge on any atom is -0.353 e. The molecule has 0 spiro atoms. The topological polar surface area (TPSA) is 34.0 Å². The number of aromatic nitrogens is 1. The normalized spacial score (nSPS) is 10.2. The van der Waals surface area contributed by atoms with E-state index < -0.39 is 0 Å². The van der Waals surface area contributed by atoms with Crippen LogP contribution in [0.1, 0.15) is 13.3 Å². The number of pyridine rings is 1. The van der Waals surface area contributed by atoms with Gasteiger partial charge in [0.05, 0.1) is 0 Å². The van der Waals surface area contributed by atoms with Crippen LogP contribution in [0.5, 0.6) is 0 Å². The van der Waals surface area contributed by atoms with Crippen molar-refractivity contribution in [2.75, 3.05) is 13.1 Å². The van der Waals surface area contributed by atoms with Gasteiger partial charge in [-0.05, 0) is 13.0 Å². The lowest BCUT2D eigenvalue weighted by Gasteiger charge is -2.05. The van der Waals surface area contributed by atoms with E-state index in [0.29, 0.717) is 0 Å². The summed E-state index contributed by atoms with van der Waals surface area (Å²) in [5.74, 6) is 0. The van der Waals surface area contributed by atoms with Gasteiger partial charge in [0.25, 0.3) is 0 Å². The highest BCUT2D eigenvalue weighted by atomic mass is 16.1. The molecule has 0 unspecified atom stereocenters. The van der Waals surface area contributed by atoms with Crippen molar-refractivity contribution in [2.45, 2.75) is 19.9 Å². The molecule has 1 N–H and O–H groups in total. The molecule has 3 nitrogen and oxygen atoms in total. The first kappa shape index (κ1) is 9.99. The highest BCUT2D eigenvalue weighted by Crippen LogP contribution is 1.82. The number of nitrogens with zero attached hydrogens (tertiary/aromatic N) is 1. The minimum atomic E-state index is 0.0674. The molecule has 0 atom stereocenters. The van der Waals surface area contributed by atoms with Crippen LogP contribution < -0.4 is 10.7 Å². The van der Waals surface area contributed by atoms with Gasteiger partial charge in [-0.3, -0.25) is 4.79 Å². The van der Waals surface area contributed by atoms with E-state index >= 15 is 0 Å². The summed E-state index contributed by atoms with van der Waals surface area (Å²) in [6.45, 7) is 5.07. The van der Waals surface area contributed by atoms with Gasteiger partial charge in [-0.1, -0.05) is 6.92 Å². The first-order valence-corrected chi connectivity index (χ1v) is 4.69. The zero-order valence-electron chi connectivity index (χ0n) is 7.99. The van der Waals surface area contributed by atoms with Crippen molar-refractivity contribution in [3.05, 3.63) is 34.7 Å². The molecule has 13 heavy (non-hydrogen) atoms. The molecule has 0 aliphatic carbocycles. The quantitative estimate of drug-likeness (QED) is 0.681. The highest BCUT2D eigenvalue weighted by molar-refractivity contribution is 4.93. The average Bonchev–Trinajstić information content (AvgIpc) is 2.15. The molecule has 0 radical (unpaired) electrons. The summed E-state index contributed by atoms with van der Waals surface area (Å²) in [5, 5.41) is 3.30. The van der Waals surface area contributed by atoms with Crippen molar-refractivity contribution >= 4 is 0 Å². The third-order valence-corrected chi connectivity index (χ3v) is 1.83. The van der Waals surface area contributed by atoms with Crippen LogP contribution in [0.4, 0.5) is 0 Å². The molecule has 0 amide bonds. The summed E-state index contributed by atoms with van der Waals surface area (Å²) in [6.07, 6.45) is 4.79. The second-order valence-corrected chi connectivity index (χ2v) is 3.02. The van der Waals surface area contributed by atoms with Gasteiger partial charge in [0.1, 0.15) is 0 Å². The lowest BCUT2D eigenvalue weighted by atomic mass is 10.4. The summed E-state index contributed by atoms with van der Waals surface area (Å²) in [4.78, 5) is 10.8. The van der Waals surface area contributed by atoms with Crippen LogP contribution in [0.25, 0.3) is 0 Å². The fourth-order valence-corrected chi connectivity index (χ4v) is 1.10. The standard InChI is InChI=1S/C10H16N2O/c1-2-5-11-6-9-12-7-3-10(13)4-8-12/h3-4,7-8,11H,2,5-6,9H2,1H3. The molecule has 0 aromatic carbocycles. The van der Waals surface area contributed by atoms with Crippen molar-refractivity contribution < 1.29 is 0 Å². The third-order valence-electron chi connectivity index (χ3n) is 1.83. The second-order valence-electron chi connectivity index (χ2n) is 3.02. The molecule has 0 aliphatic heterocycles. The maximum absolute atomic E-state index is 10.8. The first-order valence-electron chi connectivity index (χ1n) is 4.69. The van der Waals surface area contributed by atoms with Gasteiger partial charge in [-0.25, -0.2) is 0 Å². The van der Waals surface area contributed by atoms with E-state index in [1.54, 1.807) is 12.1 Å². The Morgan fingerprint density at radius 1 is 1.31 bits per heavy atom. The smallest absolute Gasteiger partial charge is 0.181 e. The second kappa shape index (κ2) is 5.54. The molecule has 1 aromatic heterocycles. The highest BCUT2D eigenvalue weighted by Gasteiger charge is 1.88. The Bertz CT molecular complexity index is 273. The lowest BCUT2D eigenvalue weighted by Crippen LogP contribution is -2.20. The van der Waals surface area contributed by atoms with Gasteiger partial charge in [0, 0.05) is 37.6 Å². The summed E-state index contributed by atoms with van der Waals surface area (Å²) >= 11 is 0. The van der Waals surface area contributed by atoms with E-state index in [-0.39, 0.29) is 5.43 Å². The molecule has 1 rings (SSSR count). The van der Waals surface area contributed by atoms with Gasteiger partial charge in [-0.15, -0.1) is 0 Å². The van der Waals surface area contributed by atoms with Crippen LogP contribution in [0, 0.1) is 0 Å². The van der Waals surface area contributed by atoms with Gasteiger partial charge in [0.15, 0.2) is 5.43 Å². The van der Waals surface area contributed by atoms with Crippen LogP contribution >= 0.6 is 0 Å². The molecule has 1 aromatic rings. The van der Waals surface area contributed by atoms with E-state index in [1.165, 1.54) is 0 Å². The molecule has 72 valence electrons. The predicted octanol–water partition coefficient (Wildman–Crippen LogP) is 0.848. The summed E-state index contributed by atoms with van der Waals surface area (Å²) in [7, 11) is 0. The third kappa shape index (κ3) is 3.90. The SMILES string of the molecule is CCCNCCn1ccc(=O)cc1. The van der Waals surface area contributed by atoms with Gasteiger partial charge < -0.3 is 9.88 Å². The Hall–Kier alpha value is -1.09. The zero-order valence-corrected chi connectivity index (χ0v) is 7.99. The van der Waals surface area contributed by atoms with Crippen LogP contribution in [0.15, 0.2) is 29.3 Å². The van der Waals surface area contributed by atoms with E-state index in [4.69, 9.17) is 0 Å². The fraction of sp³-hybridized carbons (Fsp3) is 0.500. The number of rotatable bonds is 5. The van der Waals surface area contributed by atoms with E-state index in [1.807, 2.05) is 17.0 Å². The molecule has 3 heteroatoms. The van der Waals surface area contributed by atoms with Crippen LogP contribution in [-0.2, 0) is 6.54 Å². The molecule has 0 aliphatic rings. The maximum Gasteiger partial charge on any atom is 0.181 e. The van der Waals surface area contributed by atoms with E-state index in [2.05, 4.69) is 12.2 Å². The van der Waals surface area contributed by atoms with E-state index in [9.17, 15) is 4.79 Å². The fourth-order valence-electron chi connectivity index (χ4n) is 1.10. The van der Waals surface area contributed by atoms with Crippen LogP contribution in [0.2, 0.25) is 0 Å². The molecule has 0 bridgehead atoms. The Morgan fingerprint density at radius 2 is 2.00 bits per heavy atom. The maximum atomic E-state index is 10.8. The van der Waals surface area contributed by atoms with Gasteiger partial charge >= 0.3 is 0 Å². The summed E-state index contributed by atoms with van der Waals surface area (Å²) in [6, 6.07) is 3.17. The molecule has 0 saturated heterocycles. The van der Waals surface area contributed by atoms with Crippen molar-refractivity contribution in [3.63, 3.8) is 0 Å². The largest absolute Gasteiger partial charge is 0.353 e. The average molecular weight is 180 g/mol. The van der Waals surface area contributed by atoms with Crippen molar-refractivity contribution in [3.8, 4) is 0 Å². The monoisotopic (exact) mass is 180 g/mol. The Balaban J connectivity index is 2.29. The summed E-state index contributed by atoms with van der Waals surface area (Å²) < 4.78 is 2.00. The van der Waals surface area contributed by atoms with Crippen LogP contribution in [-0.4, -0.2) is 17.7 Å². The molecule has 0 fully saturated rings. The molecular formula is C10H16N2O.